The summed E-state index contributed by atoms with van der Waals surface area (Å²) >= 11 is 0. The smallest absolute Gasteiger partial charge is 0.259 e. The summed E-state index contributed by atoms with van der Waals surface area (Å²) in [6.07, 6.45) is 1.46. The third-order valence-electron chi connectivity index (χ3n) is 2.11. The molecule has 0 saturated heterocycles. The second-order valence-electron chi connectivity index (χ2n) is 3.21. The van der Waals surface area contributed by atoms with Gasteiger partial charge < -0.3 is 9.88 Å². The highest BCUT2D eigenvalue weighted by molar-refractivity contribution is 5.93. The summed E-state index contributed by atoms with van der Waals surface area (Å²) in [6, 6.07) is 1.43. The number of carbonyl (C=O) groups excluding carboxylic acids is 1. The fourth-order valence-corrected chi connectivity index (χ4v) is 1.09. The SMILES string of the molecule is CCN(C)C(=O)c1c[nH]c(C)cc1=O. The lowest BCUT2D eigenvalue weighted by Crippen LogP contribution is -2.30. The Morgan fingerprint density at radius 1 is 1.57 bits per heavy atom. The standard InChI is InChI=1S/C10H14N2O2/c1-4-12(3)10(14)8-6-11-7(2)5-9(8)13/h5-6H,4H2,1-3H3,(H,11,13). The number of hydrogen-bond donors (Lipinski definition) is 1. The zero-order chi connectivity index (χ0) is 10.7. The minimum absolute atomic E-state index is 0.194. The molecule has 0 aliphatic rings. The van der Waals surface area contributed by atoms with Gasteiger partial charge in [-0.15, -0.1) is 0 Å². The number of amides is 1. The lowest BCUT2D eigenvalue weighted by Gasteiger charge is -2.13. The maximum atomic E-state index is 11.6. The third-order valence-corrected chi connectivity index (χ3v) is 2.11. The Labute approximate surface area is 82.6 Å². The molecule has 1 aromatic rings. The van der Waals surface area contributed by atoms with Gasteiger partial charge in [-0.1, -0.05) is 0 Å². The van der Waals surface area contributed by atoms with Crippen LogP contribution >= 0.6 is 0 Å². The Bertz CT molecular complexity index is 395. The summed E-state index contributed by atoms with van der Waals surface area (Å²) in [5, 5.41) is 0. The molecule has 4 heteroatoms. The molecule has 0 unspecified atom stereocenters. The van der Waals surface area contributed by atoms with Crippen molar-refractivity contribution in [1.29, 1.82) is 0 Å². The summed E-state index contributed by atoms with van der Waals surface area (Å²) in [4.78, 5) is 27.4. The zero-order valence-electron chi connectivity index (χ0n) is 8.63. The summed E-state index contributed by atoms with van der Waals surface area (Å²) in [5.41, 5.74) is 0.720. The van der Waals surface area contributed by atoms with Crippen molar-refractivity contribution >= 4 is 5.91 Å². The fraction of sp³-hybridized carbons (Fsp3) is 0.400. The topological polar surface area (TPSA) is 53.2 Å². The molecule has 1 heterocycles. The molecular formula is C10H14N2O2. The van der Waals surface area contributed by atoms with Crippen molar-refractivity contribution in [2.24, 2.45) is 0 Å². The van der Waals surface area contributed by atoms with Gasteiger partial charge in [-0.2, -0.15) is 0 Å². The normalized spacial score (nSPS) is 9.93. The molecule has 0 spiro atoms. The molecule has 4 nitrogen and oxygen atoms in total. The molecule has 0 saturated carbocycles. The Hall–Kier alpha value is -1.58. The van der Waals surface area contributed by atoms with Crippen molar-refractivity contribution in [3.05, 3.63) is 33.7 Å². The average molecular weight is 194 g/mol. The number of nitrogens with one attached hydrogen (secondary N) is 1. The van der Waals surface area contributed by atoms with Crippen molar-refractivity contribution in [2.75, 3.05) is 13.6 Å². The van der Waals surface area contributed by atoms with Gasteiger partial charge in [-0.25, -0.2) is 0 Å². The van der Waals surface area contributed by atoms with Crippen LogP contribution in [0.5, 0.6) is 0 Å². The van der Waals surface area contributed by atoms with E-state index in [-0.39, 0.29) is 16.9 Å². The van der Waals surface area contributed by atoms with Gasteiger partial charge in [0.15, 0.2) is 5.43 Å². The Kier molecular flexibility index (Phi) is 3.06. The Morgan fingerprint density at radius 2 is 2.21 bits per heavy atom. The van der Waals surface area contributed by atoms with Gasteiger partial charge in [0.25, 0.3) is 5.91 Å². The predicted molar refractivity (Wildman–Crippen MR) is 54.4 cm³/mol. The molecule has 0 radical (unpaired) electrons. The number of aromatic amines is 1. The van der Waals surface area contributed by atoms with Gasteiger partial charge in [0.1, 0.15) is 5.56 Å². The van der Waals surface area contributed by atoms with Gasteiger partial charge in [-0.05, 0) is 13.8 Å². The quantitative estimate of drug-likeness (QED) is 0.756. The van der Waals surface area contributed by atoms with Crippen molar-refractivity contribution in [1.82, 2.24) is 9.88 Å². The number of carbonyl (C=O) groups is 1. The number of pyridine rings is 1. The van der Waals surface area contributed by atoms with Crippen molar-refractivity contribution in [2.45, 2.75) is 13.8 Å². The number of aryl methyl sites for hydroxylation is 1. The molecule has 0 aromatic carbocycles. The van der Waals surface area contributed by atoms with E-state index in [2.05, 4.69) is 4.98 Å². The molecule has 1 N–H and O–H groups in total. The summed E-state index contributed by atoms with van der Waals surface area (Å²) in [7, 11) is 1.67. The highest BCUT2D eigenvalue weighted by atomic mass is 16.2. The largest absolute Gasteiger partial charge is 0.364 e. The number of H-pyrrole nitrogens is 1. The molecule has 0 aliphatic carbocycles. The van der Waals surface area contributed by atoms with E-state index in [4.69, 9.17) is 0 Å². The highest BCUT2D eigenvalue weighted by Gasteiger charge is 2.13. The van der Waals surface area contributed by atoms with Crippen LogP contribution in [-0.4, -0.2) is 29.4 Å². The van der Waals surface area contributed by atoms with Crippen molar-refractivity contribution in [3.8, 4) is 0 Å². The van der Waals surface area contributed by atoms with Gasteiger partial charge in [0, 0.05) is 31.5 Å². The molecule has 76 valence electrons. The van der Waals surface area contributed by atoms with E-state index in [0.717, 1.165) is 5.69 Å². The fourth-order valence-electron chi connectivity index (χ4n) is 1.09. The minimum Gasteiger partial charge on any atom is -0.364 e. The predicted octanol–water partition coefficient (Wildman–Crippen LogP) is 0.775. The van der Waals surface area contributed by atoms with Crippen LogP contribution in [-0.2, 0) is 0 Å². The lowest BCUT2D eigenvalue weighted by atomic mass is 10.2. The maximum absolute atomic E-state index is 11.6. The van der Waals surface area contributed by atoms with E-state index in [1.54, 1.807) is 14.0 Å². The van der Waals surface area contributed by atoms with Crippen LogP contribution in [0.4, 0.5) is 0 Å². The van der Waals surface area contributed by atoms with E-state index in [1.165, 1.54) is 17.2 Å². The van der Waals surface area contributed by atoms with Crippen molar-refractivity contribution < 1.29 is 4.79 Å². The molecule has 0 fully saturated rings. The van der Waals surface area contributed by atoms with Crippen LogP contribution in [0.2, 0.25) is 0 Å². The van der Waals surface area contributed by atoms with E-state index in [9.17, 15) is 9.59 Å². The first-order chi connectivity index (χ1) is 6.56. The molecule has 0 atom stereocenters. The highest BCUT2D eigenvalue weighted by Crippen LogP contribution is 1.97. The summed E-state index contributed by atoms with van der Waals surface area (Å²) < 4.78 is 0. The number of hydrogen-bond acceptors (Lipinski definition) is 2. The second kappa shape index (κ2) is 4.09. The molecular weight excluding hydrogens is 180 g/mol. The van der Waals surface area contributed by atoms with Crippen LogP contribution in [0.1, 0.15) is 23.0 Å². The van der Waals surface area contributed by atoms with Crippen LogP contribution in [0.15, 0.2) is 17.1 Å². The maximum Gasteiger partial charge on any atom is 0.259 e. The van der Waals surface area contributed by atoms with E-state index in [0.29, 0.717) is 6.54 Å². The van der Waals surface area contributed by atoms with Crippen molar-refractivity contribution in [3.63, 3.8) is 0 Å². The van der Waals surface area contributed by atoms with Gasteiger partial charge >= 0.3 is 0 Å². The van der Waals surface area contributed by atoms with Crippen LogP contribution in [0.3, 0.4) is 0 Å². The molecule has 1 aromatic heterocycles. The average Bonchev–Trinajstić information content (AvgIpc) is 2.15. The van der Waals surface area contributed by atoms with Gasteiger partial charge in [0.05, 0.1) is 0 Å². The summed E-state index contributed by atoms with van der Waals surface area (Å²) in [6.45, 7) is 4.23. The van der Waals surface area contributed by atoms with Crippen LogP contribution < -0.4 is 5.43 Å². The van der Waals surface area contributed by atoms with Crippen LogP contribution in [0.25, 0.3) is 0 Å². The van der Waals surface area contributed by atoms with E-state index in [1.807, 2.05) is 6.92 Å². The minimum atomic E-state index is -0.242. The Morgan fingerprint density at radius 3 is 2.71 bits per heavy atom. The molecule has 0 bridgehead atoms. The van der Waals surface area contributed by atoms with Gasteiger partial charge in [-0.3, -0.25) is 9.59 Å². The van der Waals surface area contributed by atoms with Gasteiger partial charge in [0.2, 0.25) is 0 Å². The molecule has 0 aliphatic heterocycles. The number of nitrogens with zero attached hydrogens (tertiary/aromatic N) is 1. The second-order valence-corrected chi connectivity index (χ2v) is 3.21. The summed E-state index contributed by atoms with van der Waals surface area (Å²) in [5.74, 6) is -0.242. The lowest BCUT2D eigenvalue weighted by molar-refractivity contribution is 0.0801. The zero-order valence-corrected chi connectivity index (χ0v) is 8.63. The number of aromatic nitrogens is 1. The molecule has 1 amide bonds. The van der Waals surface area contributed by atoms with Crippen LogP contribution in [0, 0.1) is 6.92 Å². The number of rotatable bonds is 2. The first-order valence-electron chi connectivity index (χ1n) is 4.51. The van der Waals surface area contributed by atoms with E-state index < -0.39 is 0 Å². The van der Waals surface area contributed by atoms with E-state index >= 15 is 0 Å². The first-order valence-corrected chi connectivity index (χ1v) is 4.51. The molecule has 1 rings (SSSR count). The monoisotopic (exact) mass is 194 g/mol. The molecule has 14 heavy (non-hydrogen) atoms. The first kappa shape index (κ1) is 10.5. The Balaban J connectivity index is 3.08. The third kappa shape index (κ3) is 2.02.